The van der Waals surface area contributed by atoms with Gasteiger partial charge in [-0.25, -0.2) is 9.98 Å². The lowest BCUT2D eigenvalue weighted by Gasteiger charge is -2.16. The Labute approximate surface area is 222 Å². The van der Waals surface area contributed by atoms with Crippen LogP contribution in [0.4, 0.5) is 0 Å². The van der Waals surface area contributed by atoms with E-state index >= 15 is 0 Å². The van der Waals surface area contributed by atoms with Gasteiger partial charge in [0, 0.05) is 11.1 Å². The van der Waals surface area contributed by atoms with Crippen molar-refractivity contribution < 1.29 is 18.9 Å². The number of benzene rings is 4. The quantitative estimate of drug-likeness (QED) is 0.292. The fourth-order valence-corrected chi connectivity index (χ4v) is 4.85. The average Bonchev–Trinajstić information content (AvgIpc) is 3.68. The molecule has 6 rings (SSSR count). The summed E-state index contributed by atoms with van der Waals surface area (Å²) in [4.78, 5) is 9.91. The summed E-state index contributed by atoms with van der Waals surface area (Å²) in [5, 5.41) is 0. The molecule has 6 heteroatoms. The van der Waals surface area contributed by atoms with Gasteiger partial charge in [0.25, 0.3) is 0 Å². The maximum absolute atomic E-state index is 6.15. The molecule has 0 aliphatic carbocycles. The number of nitrogens with zero attached hydrogens (tertiary/aromatic N) is 2. The van der Waals surface area contributed by atoms with E-state index in [1.165, 1.54) is 0 Å². The van der Waals surface area contributed by atoms with E-state index in [9.17, 15) is 0 Å². The van der Waals surface area contributed by atoms with Gasteiger partial charge in [-0.3, -0.25) is 0 Å². The van der Waals surface area contributed by atoms with Crippen LogP contribution >= 0.6 is 0 Å². The van der Waals surface area contributed by atoms with Gasteiger partial charge in [0.05, 0.1) is 14.2 Å². The Bertz CT molecular complexity index is 1380. The van der Waals surface area contributed by atoms with E-state index in [2.05, 4.69) is 24.3 Å². The van der Waals surface area contributed by atoms with Crippen LogP contribution in [0.1, 0.15) is 34.3 Å². The molecular weight excluding hydrogens is 476 g/mol. The standard InChI is InChI=1S/C32H28N2O4/c1-35-23-13-15-25(31-33-29(19-37-31)21-9-5-3-6-10-21)27(17-23)28-18-24(36-2)14-16-26(28)32-34-30(20-38-32)22-11-7-4-8-12-22/h3-18,29-30H,19-20H2,1-2H3. The van der Waals surface area contributed by atoms with Crippen molar-refractivity contribution in [2.24, 2.45) is 9.98 Å². The predicted octanol–water partition coefficient (Wildman–Crippen LogP) is 6.41. The highest BCUT2D eigenvalue weighted by Crippen LogP contribution is 2.38. The molecule has 0 amide bonds. The van der Waals surface area contributed by atoms with Crippen molar-refractivity contribution in [1.82, 2.24) is 0 Å². The topological polar surface area (TPSA) is 61.6 Å². The van der Waals surface area contributed by atoms with Crippen LogP contribution in [0.15, 0.2) is 107 Å². The van der Waals surface area contributed by atoms with Crippen molar-refractivity contribution in [3.63, 3.8) is 0 Å². The number of methoxy groups -OCH3 is 2. The summed E-state index contributed by atoms with van der Waals surface area (Å²) in [7, 11) is 3.32. The van der Waals surface area contributed by atoms with Crippen molar-refractivity contribution in [2.75, 3.05) is 27.4 Å². The third kappa shape index (κ3) is 4.61. The van der Waals surface area contributed by atoms with Gasteiger partial charge in [-0.05, 0) is 58.7 Å². The minimum absolute atomic E-state index is 0.0555. The second-order valence-corrected chi connectivity index (χ2v) is 9.17. The first-order valence-electron chi connectivity index (χ1n) is 12.6. The number of hydrogen-bond acceptors (Lipinski definition) is 6. The first-order chi connectivity index (χ1) is 18.7. The number of rotatable bonds is 7. The zero-order valence-corrected chi connectivity index (χ0v) is 21.3. The Hall–Kier alpha value is -4.58. The molecule has 4 aromatic rings. The third-order valence-corrected chi connectivity index (χ3v) is 6.88. The van der Waals surface area contributed by atoms with Crippen LogP contribution < -0.4 is 9.47 Å². The molecule has 6 nitrogen and oxygen atoms in total. The van der Waals surface area contributed by atoms with Crippen molar-refractivity contribution in [3.05, 3.63) is 119 Å². The smallest absolute Gasteiger partial charge is 0.217 e. The number of hydrogen-bond donors (Lipinski definition) is 0. The van der Waals surface area contributed by atoms with E-state index in [0.29, 0.717) is 25.0 Å². The maximum Gasteiger partial charge on any atom is 0.217 e. The maximum atomic E-state index is 6.15. The van der Waals surface area contributed by atoms with Crippen LogP contribution in [0, 0.1) is 0 Å². The van der Waals surface area contributed by atoms with E-state index < -0.39 is 0 Å². The molecule has 0 spiro atoms. The molecule has 2 unspecified atom stereocenters. The molecule has 2 aliphatic rings. The van der Waals surface area contributed by atoms with Crippen LogP contribution in [0.5, 0.6) is 11.5 Å². The SMILES string of the molecule is COc1ccc(C2=NC(c3ccccc3)CO2)c(-c2cc(OC)ccc2C2=NC(c3ccccc3)CO2)c1. The van der Waals surface area contributed by atoms with Gasteiger partial charge in [-0.15, -0.1) is 0 Å². The monoisotopic (exact) mass is 504 g/mol. The van der Waals surface area contributed by atoms with Gasteiger partial charge in [0.15, 0.2) is 0 Å². The Balaban J connectivity index is 1.45. The van der Waals surface area contributed by atoms with Crippen molar-refractivity contribution in [1.29, 1.82) is 0 Å². The Morgan fingerprint density at radius 3 is 1.37 bits per heavy atom. The normalized spacial score (nSPS) is 18.3. The molecule has 0 bridgehead atoms. The zero-order valence-electron chi connectivity index (χ0n) is 21.3. The highest BCUT2D eigenvalue weighted by atomic mass is 16.5. The molecule has 2 heterocycles. The molecule has 0 saturated carbocycles. The van der Waals surface area contributed by atoms with Gasteiger partial charge in [-0.1, -0.05) is 60.7 Å². The second kappa shape index (κ2) is 10.4. The highest BCUT2D eigenvalue weighted by molar-refractivity contribution is 6.07. The Kier molecular flexibility index (Phi) is 6.53. The lowest BCUT2D eigenvalue weighted by atomic mass is 9.94. The van der Waals surface area contributed by atoms with Crippen LogP contribution in [0.2, 0.25) is 0 Å². The van der Waals surface area contributed by atoms with Gasteiger partial charge >= 0.3 is 0 Å². The van der Waals surface area contributed by atoms with Crippen LogP contribution in [-0.4, -0.2) is 39.2 Å². The highest BCUT2D eigenvalue weighted by Gasteiger charge is 2.28. The summed E-state index contributed by atoms with van der Waals surface area (Å²) in [6.07, 6.45) is 0. The Morgan fingerprint density at radius 2 is 0.974 bits per heavy atom. The molecule has 0 N–H and O–H groups in total. The third-order valence-electron chi connectivity index (χ3n) is 6.88. The first-order valence-corrected chi connectivity index (χ1v) is 12.6. The molecule has 4 aromatic carbocycles. The molecule has 38 heavy (non-hydrogen) atoms. The van der Waals surface area contributed by atoms with Gasteiger partial charge in [0.1, 0.15) is 36.8 Å². The van der Waals surface area contributed by atoms with E-state index in [1.54, 1.807) is 14.2 Å². The summed E-state index contributed by atoms with van der Waals surface area (Å²) in [6, 6.07) is 32.1. The van der Waals surface area contributed by atoms with Crippen LogP contribution in [0.3, 0.4) is 0 Å². The molecule has 190 valence electrons. The molecule has 0 radical (unpaired) electrons. The zero-order chi connectivity index (χ0) is 25.9. The molecule has 0 fully saturated rings. The molecular formula is C32H28N2O4. The summed E-state index contributed by atoms with van der Waals surface area (Å²) < 4.78 is 23.5. The summed E-state index contributed by atoms with van der Waals surface area (Å²) in [5.41, 5.74) is 5.80. The van der Waals surface area contributed by atoms with Crippen molar-refractivity contribution >= 4 is 11.8 Å². The molecule has 2 atom stereocenters. The summed E-state index contributed by atoms with van der Waals surface area (Å²) >= 11 is 0. The van der Waals surface area contributed by atoms with E-state index in [4.69, 9.17) is 28.9 Å². The average molecular weight is 505 g/mol. The minimum Gasteiger partial charge on any atom is -0.497 e. The van der Waals surface area contributed by atoms with E-state index in [0.717, 1.165) is 44.9 Å². The van der Waals surface area contributed by atoms with Crippen molar-refractivity contribution in [3.8, 4) is 22.6 Å². The lowest BCUT2D eigenvalue weighted by Crippen LogP contribution is -2.08. The fraction of sp³-hybridized carbons (Fsp3) is 0.188. The van der Waals surface area contributed by atoms with Crippen LogP contribution in [-0.2, 0) is 9.47 Å². The van der Waals surface area contributed by atoms with Gasteiger partial charge < -0.3 is 18.9 Å². The van der Waals surface area contributed by atoms with Gasteiger partial charge in [-0.2, -0.15) is 0 Å². The minimum atomic E-state index is -0.0555. The largest absolute Gasteiger partial charge is 0.497 e. The summed E-state index contributed by atoms with van der Waals surface area (Å²) in [5.74, 6) is 2.66. The van der Waals surface area contributed by atoms with Crippen LogP contribution in [0.25, 0.3) is 11.1 Å². The van der Waals surface area contributed by atoms with E-state index in [1.807, 2.05) is 72.8 Å². The second-order valence-electron chi connectivity index (χ2n) is 9.17. The van der Waals surface area contributed by atoms with Gasteiger partial charge in [0.2, 0.25) is 11.8 Å². The summed E-state index contributed by atoms with van der Waals surface area (Å²) in [6.45, 7) is 0.981. The first kappa shape index (κ1) is 23.8. The molecule has 0 aromatic heterocycles. The molecule has 2 aliphatic heterocycles. The fourth-order valence-electron chi connectivity index (χ4n) is 4.85. The van der Waals surface area contributed by atoms with Crippen molar-refractivity contribution in [2.45, 2.75) is 12.1 Å². The van der Waals surface area contributed by atoms with E-state index in [-0.39, 0.29) is 12.1 Å². The predicted molar refractivity (Wildman–Crippen MR) is 148 cm³/mol. The number of aliphatic imine (C=N–C) groups is 2. The lowest BCUT2D eigenvalue weighted by molar-refractivity contribution is 0.319. The Morgan fingerprint density at radius 1 is 0.553 bits per heavy atom. The number of ether oxygens (including phenoxy) is 4. The molecule has 0 saturated heterocycles.